The van der Waals surface area contributed by atoms with E-state index < -0.39 is 5.92 Å². The second kappa shape index (κ2) is 7.22. The normalized spacial score (nSPS) is 15.1. The van der Waals surface area contributed by atoms with Crippen LogP contribution in [0, 0.1) is 5.92 Å². The Bertz CT molecular complexity index is 707. The number of H-pyrrole nitrogens is 1. The molecule has 0 radical (unpaired) electrons. The molecule has 1 unspecified atom stereocenters. The number of nitrogens with zero attached hydrogens (tertiary/aromatic N) is 1. The van der Waals surface area contributed by atoms with Gasteiger partial charge < -0.3 is 10.3 Å². The summed E-state index contributed by atoms with van der Waals surface area (Å²) in [5, 5.41) is 3.00. The van der Waals surface area contributed by atoms with E-state index >= 15 is 0 Å². The summed E-state index contributed by atoms with van der Waals surface area (Å²) in [7, 11) is 0. The molecule has 2 aromatic heterocycles. The molecule has 1 fully saturated rings. The van der Waals surface area contributed by atoms with Gasteiger partial charge in [0.2, 0.25) is 5.91 Å². The molecule has 1 saturated carbocycles. The van der Waals surface area contributed by atoms with E-state index in [0.717, 1.165) is 12.3 Å². The monoisotopic (exact) mass is 311 g/mol. The Morgan fingerprint density at radius 2 is 2.17 bits per heavy atom. The summed E-state index contributed by atoms with van der Waals surface area (Å²) in [4.78, 5) is 31.5. The number of carbonyl (C=O) groups is 1. The molecule has 0 saturated heterocycles. The molecule has 1 aliphatic carbocycles. The van der Waals surface area contributed by atoms with Crippen LogP contribution in [-0.4, -0.2) is 22.4 Å². The van der Waals surface area contributed by atoms with Gasteiger partial charge in [-0.2, -0.15) is 0 Å². The van der Waals surface area contributed by atoms with E-state index in [1.807, 2.05) is 18.2 Å². The van der Waals surface area contributed by atoms with Gasteiger partial charge in [0.25, 0.3) is 5.56 Å². The van der Waals surface area contributed by atoms with Crippen molar-refractivity contribution in [2.45, 2.75) is 31.6 Å². The molecular weight excluding hydrogens is 290 g/mol. The highest BCUT2D eigenvalue weighted by molar-refractivity contribution is 5.83. The largest absolute Gasteiger partial charge is 0.356 e. The molecule has 23 heavy (non-hydrogen) atoms. The van der Waals surface area contributed by atoms with Crippen LogP contribution in [0.15, 0.2) is 47.5 Å². The summed E-state index contributed by atoms with van der Waals surface area (Å²) in [6.07, 6.45) is 7.21. The number of rotatable bonds is 7. The third-order valence-electron chi connectivity index (χ3n) is 4.23. The Hall–Kier alpha value is -2.43. The summed E-state index contributed by atoms with van der Waals surface area (Å²) >= 11 is 0. The summed E-state index contributed by atoms with van der Waals surface area (Å²) in [5.41, 5.74) is 1.14. The van der Waals surface area contributed by atoms with Gasteiger partial charge in [-0.05, 0) is 37.0 Å². The number of aromatic nitrogens is 2. The van der Waals surface area contributed by atoms with Crippen molar-refractivity contribution in [2.24, 2.45) is 5.92 Å². The maximum Gasteiger partial charge on any atom is 0.251 e. The minimum atomic E-state index is -0.445. The first-order valence-electron chi connectivity index (χ1n) is 8.09. The van der Waals surface area contributed by atoms with E-state index in [1.165, 1.54) is 12.8 Å². The van der Waals surface area contributed by atoms with Gasteiger partial charge in [0.05, 0.1) is 11.6 Å². The van der Waals surface area contributed by atoms with Crippen LogP contribution in [0.25, 0.3) is 0 Å². The first-order valence-corrected chi connectivity index (χ1v) is 8.09. The van der Waals surface area contributed by atoms with Crippen LogP contribution >= 0.6 is 0 Å². The van der Waals surface area contributed by atoms with Crippen LogP contribution in [0.2, 0.25) is 0 Å². The van der Waals surface area contributed by atoms with Crippen LogP contribution in [0.4, 0.5) is 0 Å². The molecular formula is C18H21N3O2. The fourth-order valence-corrected chi connectivity index (χ4v) is 2.68. The van der Waals surface area contributed by atoms with Crippen molar-refractivity contribution in [3.05, 3.63) is 64.3 Å². The molecule has 1 amide bonds. The maximum absolute atomic E-state index is 12.6. The molecule has 0 spiro atoms. The zero-order chi connectivity index (χ0) is 16.1. The highest BCUT2D eigenvalue weighted by Gasteiger charge is 2.25. The fourth-order valence-electron chi connectivity index (χ4n) is 2.68. The molecule has 0 aliphatic heterocycles. The molecule has 1 atom stereocenters. The zero-order valence-electron chi connectivity index (χ0n) is 13.0. The number of nitrogens with one attached hydrogen (secondary N) is 2. The van der Waals surface area contributed by atoms with Gasteiger partial charge in [-0.1, -0.05) is 25.0 Å². The Kier molecular flexibility index (Phi) is 4.86. The molecule has 2 N–H and O–H groups in total. The summed E-state index contributed by atoms with van der Waals surface area (Å²) in [6.45, 7) is 0.692. The molecule has 1 aliphatic rings. The molecule has 3 rings (SSSR count). The number of aromatic amines is 1. The maximum atomic E-state index is 12.6. The number of pyridine rings is 2. The first kappa shape index (κ1) is 15.5. The third kappa shape index (κ3) is 4.28. The lowest BCUT2D eigenvalue weighted by Gasteiger charge is -2.16. The molecule has 2 aromatic rings. The lowest BCUT2D eigenvalue weighted by Crippen LogP contribution is -2.33. The van der Waals surface area contributed by atoms with Gasteiger partial charge in [0, 0.05) is 24.5 Å². The molecule has 5 nitrogen and oxygen atoms in total. The van der Waals surface area contributed by atoms with E-state index in [1.54, 1.807) is 24.5 Å². The zero-order valence-corrected chi connectivity index (χ0v) is 13.0. The van der Waals surface area contributed by atoms with Crippen molar-refractivity contribution >= 4 is 5.91 Å². The second-order valence-corrected chi connectivity index (χ2v) is 6.06. The van der Waals surface area contributed by atoms with E-state index in [-0.39, 0.29) is 11.5 Å². The lowest BCUT2D eigenvalue weighted by atomic mass is 9.95. The Balaban J connectivity index is 1.74. The minimum absolute atomic E-state index is 0.0624. The van der Waals surface area contributed by atoms with E-state index in [0.29, 0.717) is 24.2 Å². The third-order valence-corrected chi connectivity index (χ3v) is 4.23. The number of amides is 1. The van der Waals surface area contributed by atoms with Crippen LogP contribution < -0.4 is 10.9 Å². The van der Waals surface area contributed by atoms with Crippen molar-refractivity contribution in [1.29, 1.82) is 0 Å². The van der Waals surface area contributed by atoms with Gasteiger partial charge in [-0.25, -0.2) is 0 Å². The number of carbonyl (C=O) groups excluding carboxylic acids is 1. The quantitative estimate of drug-likeness (QED) is 0.821. The topological polar surface area (TPSA) is 74.8 Å². The molecule has 0 aromatic carbocycles. The highest BCUT2D eigenvalue weighted by atomic mass is 16.2. The summed E-state index contributed by atoms with van der Waals surface area (Å²) in [5.74, 6) is 0.270. The number of hydrogen-bond acceptors (Lipinski definition) is 3. The Morgan fingerprint density at radius 3 is 2.87 bits per heavy atom. The predicted molar refractivity (Wildman–Crippen MR) is 88.1 cm³/mol. The van der Waals surface area contributed by atoms with Crippen molar-refractivity contribution < 1.29 is 4.79 Å². The van der Waals surface area contributed by atoms with Crippen LogP contribution in [0.5, 0.6) is 0 Å². The lowest BCUT2D eigenvalue weighted by molar-refractivity contribution is -0.122. The van der Waals surface area contributed by atoms with E-state index in [4.69, 9.17) is 0 Å². The van der Waals surface area contributed by atoms with Crippen molar-refractivity contribution in [3.63, 3.8) is 0 Å². The Labute approximate surface area is 135 Å². The standard InChI is InChI=1S/C18H21N3O2/c22-17-14(4-3-10-20-17)12-15(16-5-1-2-9-19-16)18(23)21-11-8-13-6-7-13/h1-5,9-10,13,15H,6-8,11-12H2,(H,20,22)(H,21,23). The molecule has 0 bridgehead atoms. The first-order chi connectivity index (χ1) is 11.2. The van der Waals surface area contributed by atoms with E-state index in [9.17, 15) is 9.59 Å². The second-order valence-electron chi connectivity index (χ2n) is 6.06. The fraction of sp³-hybridized carbons (Fsp3) is 0.389. The van der Waals surface area contributed by atoms with Crippen LogP contribution in [0.1, 0.15) is 36.4 Å². The predicted octanol–water partition coefficient (Wildman–Crippen LogP) is 2.01. The SMILES string of the molecule is O=C(NCCC1CC1)C(Cc1ccc[nH]c1=O)c1ccccn1. The van der Waals surface area contributed by atoms with Gasteiger partial charge in [0.1, 0.15) is 0 Å². The van der Waals surface area contributed by atoms with E-state index in [2.05, 4.69) is 15.3 Å². The number of hydrogen-bond donors (Lipinski definition) is 2. The molecule has 5 heteroatoms. The van der Waals surface area contributed by atoms with Gasteiger partial charge in [-0.3, -0.25) is 14.6 Å². The van der Waals surface area contributed by atoms with Gasteiger partial charge in [-0.15, -0.1) is 0 Å². The molecule has 120 valence electrons. The van der Waals surface area contributed by atoms with Crippen molar-refractivity contribution in [2.75, 3.05) is 6.54 Å². The van der Waals surface area contributed by atoms with Crippen molar-refractivity contribution in [3.8, 4) is 0 Å². The summed E-state index contributed by atoms with van der Waals surface area (Å²) < 4.78 is 0. The van der Waals surface area contributed by atoms with Crippen LogP contribution in [0.3, 0.4) is 0 Å². The Morgan fingerprint density at radius 1 is 1.30 bits per heavy atom. The van der Waals surface area contributed by atoms with Crippen molar-refractivity contribution in [1.82, 2.24) is 15.3 Å². The van der Waals surface area contributed by atoms with Gasteiger partial charge >= 0.3 is 0 Å². The smallest absolute Gasteiger partial charge is 0.251 e. The summed E-state index contributed by atoms with van der Waals surface area (Å²) in [6, 6.07) is 9.05. The molecule has 2 heterocycles. The minimum Gasteiger partial charge on any atom is -0.356 e. The van der Waals surface area contributed by atoms with Gasteiger partial charge in [0.15, 0.2) is 0 Å². The average molecular weight is 311 g/mol. The highest BCUT2D eigenvalue weighted by Crippen LogP contribution is 2.31. The van der Waals surface area contributed by atoms with Crippen LogP contribution in [-0.2, 0) is 11.2 Å². The average Bonchev–Trinajstić information content (AvgIpc) is 3.39.